The predicted octanol–water partition coefficient (Wildman–Crippen LogP) is 4.12. The summed E-state index contributed by atoms with van der Waals surface area (Å²) in [4.78, 5) is 10.9. The van der Waals surface area contributed by atoms with Crippen LogP contribution in [0.15, 0.2) is 40.9 Å². The third-order valence-corrected chi connectivity index (χ3v) is 3.34. The molecule has 0 unspecified atom stereocenters. The summed E-state index contributed by atoms with van der Waals surface area (Å²) in [6, 6.07) is 11.8. The molecule has 0 aliphatic carbocycles. The van der Waals surface area contributed by atoms with Gasteiger partial charge >= 0.3 is 5.97 Å². The summed E-state index contributed by atoms with van der Waals surface area (Å²) in [7, 11) is 0. The van der Waals surface area contributed by atoms with Crippen LogP contribution < -0.4 is 4.74 Å². The smallest absolute Gasteiger partial charge is 0.335 e. The Morgan fingerprint density at radius 1 is 1.30 bits per heavy atom. The maximum Gasteiger partial charge on any atom is 0.335 e. The van der Waals surface area contributed by atoms with E-state index >= 15 is 0 Å². The van der Waals surface area contributed by atoms with Gasteiger partial charge in [-0.15, -0.1) is 0 Å². The third kappa shape index (κ3) is 2.98. The molecule has 0 aliphatic heterocycles. The highest BCUT2D eigenvalue weighted by Crippen LogP contribution is 2.31. The molecular weight excluding hydrogens is 322 g/mol. The van der Waals surface area contributed by atoms with Crippen LogP contribution in [0.25, 0.3) is 0 Å². The first kappa shape index (κ1) is 14.1. The van der Waals surface area contributed by atoms with Gasteiger partial charge in [0.2, 0.25) is 0 Å². The van der Waals surface area contributed by atoms with Crippen molar-refractivity contribution < 1.29 is 14.6 Å². The number of carboxylic acid groups (broad SMARTS) is 1. The lowest BCUT2D eigenvalue weighted by molar-refractivity contribution is 0.0696. The number of carboxylic acids is 1. The number of nitrogens with zero attached hydrogens (tertiary/aromatic N) is 1. The van der Waals surface area contributed by atoms with E-state index in [9.17, 15) is 4.79 Å². The maximum absolute atomic E-state index is 10.9. The van der Waals surface area contributed by atoms with Gasteiger partial charge in [-0.05, 0) is 64.8 Å². The van der Waals surface area contributed by atoms with Crippen molar-refractivity contribution in [3.8, 4) is 17.6 Å². The highest BCUT2D eigenvalue weighted by atomic mass is 79.9. The number of rotatable bonds is 3. The van der Waals surface area contributed by atoms with Gasteiger partial charge in [-0.1, -0.05) is 0 Å². The molecule has 0 saturated heterocycles. The number of halogens is 1. The van der Waals surface area contributed by atoms with Crippen molar-refractivity contribution >= 4 is 21.9 Å². The number of ether oxygens (including phenoxy) is 1. The minimum atomic E-state index is -0.964. The first-order valence-electron chi connectivity index (χ1n) is 5.72. The first-order chi connectivity index (χ1) is 9.51. The number of nitriles is 1. The Bertz CT molecular complexity index is 720. The minimum absolute atomic E-state index is 0.247. The van der Waals surface area contributed by atoms with Crippen LogP contribution in [0.5, 0.6) is 11.5 Å². The molecule has 1 N–H and O–H groups in total. The summed E-state index contributed by atoms with van der Waals surface area (Å²) in [5.41, 5.74) is 1.40. The second-order valence-electron chi connectivity index (χ2n) is 4.14. The molecule has 2 rings (SSSR count). The van der Waals surface area contributed by atoms with E-state index < -0.39 is 5.97 Å². The van der Waals surface area contributed by atoms with E-state index in [1.807, 2.05) is 6.07 Å². The summed E-state index contributed by atoms with van der Waals surface area (Å²) < 4.78 is 6.34. The van der Waals surface area contributed by atoms with E-state index in [2.05, 4.69) is 15.9 Å². The molecule has 4 nitrogen and oxygen atoms in total. The largest absolute Gasteiger partial charge is 0.478 e. The lowest BCUT2D eigenvalue weighted by Gasteiger charge is -2.09. The molecule has 0 aliphatic rings. The maximum atomic E-state index is 10.9. The fourth-order valence-corrected chi connectivity index (χ4v) is 2.18. The first-order valence-corrected chi connectivity index (χ1v) is 6.52. The van der Waals surface area contributed by atoms with E-state index in [1.54, 1.807) is 37.3 Å². The molecule has 100 valence electrons. The summed E-state index contributed by atoms with van der Waals surface area (Å²) in [6.45, 7) is 1.71. The van der Waals surface area contributed by atoms with Crippen LogP contribution in [-0.4, -0.2) is 11.1 Å². The highest BCUT2D eigenvalue weighted by molar-refractivity contribution is 9.10. The van der Waals surface area contributed by atoms with Crippen LogP contribution >= 0.6 is 15.9 Å². The molecular formula is C15H10BrNO3. The van der Waals surface area contributed by atoms with E-state index in [0.29, 0.717) is 27.1 Å². The minimum Gasteiger partial charge on any atom is -0.478 e. The highest BCUT2D eigenvalue weighted by Gasteiger charge is 2.09. The van der Waals surface area contributed by atoms with E-state index in [1.165, 1.54) is 6.07 Å². The standard InChI is InChI=1S/C15H10BrNO3/c1-9-6-11(3-4-12(9)15(18)19)20-14-5-2-10(8-17)7-13(14)16/h2-7H,1H3,(H,18,19). The number of hydrogen-bond acceptors (Lipinski definition) is 3. The van der Waals surface area contributed by atoms with Gasteiger partial charge in [0.1, 0.15) is 11.5 Å². The average molecular weight is 332 g/mol. The molecule has 20 heavy (non-hydrogen) atoms. The zero-order valence-corrected chi connectivity index (χ0v) is 12.1. The Morgan fingerprint density at radius 2 is 2.05 bits per heavy atom. The monoisotopic (exact) mass is 331 g/mol. The molecule has 0 aromatic heterocycles. The van der Waals surface area contributed by atoms with Gasteiger partial charge in [0.15, 0.2) is 0 Å². The van der Waals surface area contributed by atoms with E-state index in [0.717, 1.165) is 0 Å². The number of aromatic carboxylic acids is 1. The molecule has 2 aromatic carbocycles. The molecule has 0 radical (unpaired) electrons. The van der Waals surface area contributed by atoms with Gasteiger partial charge in [0.05, 0.1) is 21.7 Å². The van der Waals surface area contributed by atoms with E-state index in [-0.39, 0.29) is 5.56 Å². The van der Waals surface area contributed by atoms with Crippen LogP contribution in [0.3, 0.4) is 0 Å². The van der Waals surface area contributed by atoms with Gasteiger partial charge in [0, 0.05) is 0 Å². The van der Waals surface area contributed by atoms with Crippen molar-refractivity contribution in [2.45, 2.75) is 6.92 Å². The third-order valence-electron chi connectivity index (χ3n) is 2.72. The fraction of sp³-hybridized carbons (Fsp3) is 0.0667. The summed E-state index contributed by atoms with van der Waals surface area (Å²) in [5, 5.41) is 17.8. The molecule has 5 heteroatoms. The predicted molar refractivity (Wildman–Crippen MR) is 77.1 cm³/mol. The van der Waals surface area contributed by atoms with Crippen LogP contribution in [0.1, 0.15) is 21.5 Å². The number of aryl methyl sites for hydroxylation is 1. The second-order valence-corrected chi connectivity index (χ2v) is 5.00. The van der Waals surface area contributed by atoms with Crippen molar-refractivity contribution in [3.05, 3.63) is 57.6 Å². The Hall–Kier alpha value is -2.32. The van der Waals surface area contributed by atoms with E-state index in [4.69, 9.17) is 15.1 Å². The Labute approximate surface area is 124 Å². The normalized spacial score (nSPS) is 9.85. The lowest BCUT2D eigenvalue weighted by Crippen LogP contribution is -1.99. The molecule has 0 amide bonds. The Kier molecular flexibility index (Phi) is 4.06. The topological polar surface area (TPSA) is 70.3 Å². The second kappa shape index (κ2) is 5.76. The van der Waals surface area contributed by atoms with Crippen molar-refractivity contribution in [2.24, 2.45) is 0 Å². The Morgan fingerprint density at radius 3 is 2.60 bits per heavy atom. The molecule has 0 heterocycles. The number of carbonyl (C=O) groups is 1. The van der Waals surface area contributed by atoms with Gasteiger partial charge in [-0.3, -0.25) is 0 Å². The van der Waals surface area contributed by atoms with Gasteiger partial charge < -0.3 is 9.84 Å². The number of hydrogen-bond donors (Lipinski definition) is 1. The van der Waals surface area contributed by atoms with Crippen LogP contribution in [0, 0.1) is 18.3 Å². The molecule has 2 aromatic rings. The average Bonchev–Trinajstić information content (AvgIpc) is 2.40. The Balaban J connectivity index is 2.29. The van der Waals surface area contributed by atoms with Crippen molar-refractivity contribution in [2.75, 3.05) is 0 Å². The molecule has 0 bridgehead atoms. The molecule has 0 atom stereocenters. The van der Waals surface area contributed by atoms with Crippen molar-refractivity contribution in [1.82, 2.24) is 0 Å². The molecule has 0 spiro atoms. The van der Waals surface area contributed by atoms with Crippen LogP contribution in [0.2, 0.25) is 0 Å². The molecule has 0 saturated carbocycles. The lowest BCUT2D eigenvalue weighted by atomic mass is 10.1. The zero-order valence-electron chi connectivity index (χ0n) is 10.6. The summed E-state index contributed by atoms with van der Waals surface area (Å²) in [5.74, 6) is 0.137. The van der Waals surface area contributed by atoms with Crippen LogP contribution in [-0.2, 0) is 0 Å². The number of benzene rings is 2. The SMILES string of the molecule is Cc1cc(Oc2ccc(C#N)cc2Br)ccc1C(=O)O. The van der Waals surface area contributed by atoms with Gasteiger partial charge in [0.25, 0.3) is 0 Å². The van der Waals surface area contributed by atoms with Gasteiger partial charge in [-0.2, -0.15) is 5.26 Å². The molecule has 0 fully saturated rings. The van der Waals surface area contributed by atoms with Gasteiger partial charge in [-0.25, -0.2) is 4.79 Å². The van der Waals surface area contributed by atoms with Crippen molar-refractivity contribution in [3.63, 3.8) is 0 Å². The fourth-order valence-electron chi connectivity index (χ4n) is 1.72. The summed E-state index contributed by atoms with van der Waals surface area (Å²) >= 11 is 3.33. The van der Waals surface area contributed by atoms with Crippen LogP contribution in [0.4, 0.5) is 0 Å². The quantitative estimate of drug-likeness (QED) is 0.918. The zero-order chi connectivity index (χ0) is 14.7. The summed E-state index contributed by atoms with van der Waals surface area (Å²) in [6.07, 6.45) is 0. The van der Waals surface area contributed by atoms with Crippen molar-refractivity contribution in [1.29, 1.82) is 5.26 Å².